The van der Waals surface area contributed by atoms with Crippen molar-refractivity contribution < 1.29 is 9.59 Å². The second-order valence-corrected chi connectivity index (χ2v) is 6.58. The molecule has 0 radical (unpaired) electrons. The Bertz CT molecular complexity index is 594. The van der Waals surface area contributed by atoms with Crippen molar-refractivity contribution in [2.24, 2.45) is 0 Å². The number of amides is 2. The Hall–Kier alpha value is -2.22. The second kappa shape index (κ2) is 7.77. The monoisotopic (exact) mass is 346 g/mol. The topological polar surface area (TPSA) is 72.9 Å². The van der Waals surface area contributed by atoms with Gasteiger partial charge in [0.15, 0.2) is 0 Å². The molecule has 8 heteroatoms. The summed E-state index contributed by atoms with van der Waals surface area (Å²) in [6.45, 7) is 9.35. The predicted octanol–water partition coefficient (Wildman–Crippen LogP) is -0.322. The molecule has 0 aromatic carbocycles. The zero-order chi connectivity index (χ0) is 17.8. The van der Waals surface area contributed by atoms with Crippen LogP contribution in [0.15, 0.2) is 18.5 Å². The molecular weight excluding hydrogens is 320 g/mol. The number of piperazine rings is 2. The number of anilines is 1. The number of hydrogen-bond acceptors (Lipinski definition) is 6. The molecule has 0 bridgehead atoms. The summed E-state index contributed by atoms with van der Waals surface area (Å²) in [5.41, 5.74) is 0. The van der Waals surface area contributed by atoms with Crippen LogP contribution in [-0.4, -0.2) is 94.9 Å². The molecule has 3 rings (SSSR count). The van der Waals surface area contributed by atoms with Gasteiger partial charge in [-0.25, -0.2) is 9.97 Å². The first-order valence-corrected chi connectivity index (χ1v) is 8.86. The molecule has 1 unspecified atom stereocenters. The van der Waals surface area contributed by atoms with E-state index in [2.05, 4.69) is 19.8 Å². The summed E-state index contributed by atoms with van der Waals surface area (Å²) >= 11 is 0. The van der Waals surface area contributed by atoms with Crippen LogP contribution >= 0.6 is 0 Å². The Morgan fingerprint density at radius 1 is 0.920 bits per heavy atom. The third-order valence-corrected chi connectivity index (χ3v) is 5.09. The van der Waals surface area contributed by atoms with Crippen molar-refractivity contribution in [3.8, 4) is 0 Å². The normalized spacial score (nSPS) is 20.5. The number of nitrogens with zero attached hydrogens (tertiary/aromatic N) is 6. The molecule has 1 aromatic heterocycles. The lowest BCUT2D eigenvalue weighted by atomic mass is 10.2. The standard InChI is InChI=1S/C17H26N6O2/c1-14(16(25)22-10-8-21(9-11-22)15(2)24)20-6-12-23(13-7-20)17-18-4-3-5-19-17/h3-5,14H,6-13H2,1-2H3. The molecule has 1 aromatic rings. The highest BCUT2D eigenvalue weighted by Gasteiger charge is 2.31. The van der Waals surface area contributed by atoms with Crippen LogP contribution in [0.5, 0.6) is 0 Å². The number of carbonyl (C=O) groups is 2. The van der Waals surface area contributed by atoms with E-state index in [1.165, 1.54) is 0 Å². The molecule has 2 aliphatic rings. The lowest BCUT2D eigenvalue weighted by Gasteiger charge is -2.40. The summed E-state index contributed by atoms with van der Waals surface area (Å²) in [6, 6.07) is 1.68. The smallest absolute Gasteiger partial charge is 0.239 e. The minimum Gasteiger partial charge on any atom is -0.339 e. The van der Waals surface area contributed by atoms with Crippen LogP contribution in [-0.2, 0) is 9.59 Å². The number of aromatic nitrogens is 2. The van der Waals surface area contributed by atoms with Crippen LogP contribution < -0.4 is 4.90 Å². The molecular formula is C17H26N6O2. The van der Waals surface area contributed by atoms with Gasteiger partial charge in [0.2, 0.25) is 17.8 Å². The molecule has 1 atom stereocenters. The minimum absolute atomic E-state index is 0.0828. The van der Waals surface area contributed by atoms with E-state index in [9.17, 15) is 9.59 Å². The molecule has 2 amide bonds. The van der Waals surface area contributed by atoms with Gasteiger partial charge in [-0.1, -0.05) is 0 Å². The van der Waals surface area contributed by atoms with Crippen LogP contribution in [0, 0.1) is 0 Å². The van der Waals surface area contributed by atoms with Gasteiger partial charge >= 0.3 is 0 Å². The van der Waals surface area contributed by atoms with E-state index in [1.807, 2.05) is 17.9 Å². The van der Waals surface area contributed by atoms with E-state index >= 15 is 0 Å². The fourth-order valence-electron chi connectivity index (χ4n) is 3.43. The Balaban J connectivity index is 1.50. The van der Waals surface area contributed by atoms with Gasteiger partial charge < -0.3 is 14.7 Å². The van der Waals surface area contributed by atoms with E-state index in [0.29, 0.717) is 26.2 Å². The molecule has 0 N–H and O–H groups in total. The third-order valence-electron chi connectivity index (χ3n) is 5.09. The van der Waals surface area contributed by atoms with Crippen LogP contribution in [0.25, 0.3) is 0 Å². The highest BCUT2D eigenvalue weighted by atomic mass is 16.2. The average molecular weight is 346 g/mol. The molecule has 25 heavy (non-hydrogen) atoms. The number of hydrogen-bond donors (Lipinski definition) is 0. The molecule has 2 aliphatic heterocycles. The Morgan fingerprint density at radius 3 is 2.04 bits per heavy atom. The highest BCUT2D eigenvalue weighted by Crippen LogP contribution is 2.14. The van der Waals surface area contributed by atoms with E-state index in [-0.39, 0.29) is 17.9 Å². The van der Waals surface area contributed by atoms with Crippen molar-refractivity contribution in [3.05, 3.63) is 18.5 Å². The van der Waals surface area contributed by atoms with E-state index in [4.69, 9.17) is 0 Å². The van der Waals surface area contributed by atoms with Crippen molar-refractivity contribution in [1.29, 1.82) is 0 Å². The quantitative estimate of drug-likeness (QED) is 0.747. The molecule has 136 valence electrons. The molecule has 0 aliphatic carbocycles. The fourth-order valence-corrected chi connectivity index (χ4v) is 3.43. The second-order valence-electron chi connectivity index (χ2n) is 6.58. The molecule has 0 saturated carbocycles. The van der Waals surface area contributed by atoms with Gasteiger partial charge in [0, 0.05) is 71.7 Å². The van der Waals surface area contributed by atoms with Crippen molar-refractivity contribution in [1.82, 2.24) is 24.7 Å². The molecule has 3 heterocycles. The molecule has 0 spiro atoms. The third kappa shape index (κ3) is 4.07. The summed E-state index contributed by atoms with van der Waals surface area (Å²) in [6.07, 6.45) is 3.50. The average Bonchev–Trinajstić information content (AvgIpc) is 2.67. The first kappa shape index (κ1) is 17.6. The summed E-state index contributed by atoms with van der Waals surface area (Å²) < 4.78 is 0. The SMILES string of the molecule is CC(=O)N1CCN(C(=O)C(C)N2CCN(c3ncccn3)CC2)CC1. The van der Waals surface area contributed by atoms with Gasteiger partial charge in [0.1, 0.15) is 0 Å². The van der Waals surface area contributed by atoms with Gasteiger partial charge in [-0.2, -0.15) is 0 Å². The van der Waals surface area contributed by atoms with Crippen molar-refractivity contribution in [2.75, 3.05) is 57.3 Å². The largest absolute Gasteiger partial charge is 0.339 e. The van der Waals surface area contributed by atoms with E-state index in [0.717, 1.165) is 32.1 Å². The first-order chi connectivity index (χ1) is 12.1. The lowest BCUT2D eigenvalue weighted by Crippen LogP contribution is -2.58. The lowest BCUT2D eigenvalue weighted by molar-refractivity contribution is -0.142. The zero-order valence-electron chi connectivity index (χ0n) is 15.0. The zero-order valence-corrected chi connectivity index (χ0v) is 15.0. The molecule has 8 nitrogen and oxygen atoms in total. The predicted molar refractivity (Wildman–Crippen MR) is 94.1 cm³/mol. The fraction of sp³-hybridized carbons (Fsp3) is 0.647. The Kier molecular flexibility index (Phi) is 5.47. The van der Waals surface area contributed by atoms with Crippen molar-refractivity contribution >= 4 is 17.8 Å². The van der Waals surface area contributed by atoms with Gasteiger partial charge in [-0.05, 0) is 13.0 Å². The molecule has 2 fully saturated rings. The van der Waals surface area contributed by atoms with Gasteiger partial charge in [0.25, 0.3) is 0 Å². The summed E-state index contributed by atoms with van der Waals surface area (Å²) in [7, 11) is 0. The van der Waals surface area contributed by atoms with E-state index in [1.54, 1.807) is 24.2 Å². The van der Waals surface area contributed by atoms with Gasteiger partial charge in [-0.15, -0.1) is 0 Å². The summed E-state index contributed by atoms with van der Waals surface area (Å²) in [5.74, 6) is 0.994. The van der Waals surface area contributed by atoms with Gasteiger partial charge in [-0.3, -0.25) is 14.5 Å². The summed E-state index contributed by atoms with van der Waals surface area (Å²) in [4.78, 5) is 40.8. The Morgan fingerprint density at radius 2 is 1.48 bits per heavy atom. The maximum Gasteiger partial charge on any atom is 0.239 e. The van der Waals surface area contributed by atoms with Gasteiger partial charge in [0.05, 0.1) is 6.04 Å². The summed E-state index contributed by atoms with van der Waals surface area (Å²) in [5, 5.41) is 0. The van der Waals surface area contributed by atoms with Crippen LogP contribution in [0.1, 0.15) is 13.8 Å². The van der Waals surface area contributed by atoms with Crippen LogP contribution in [0.2, 0.25) is 0 Å². The minimum atomic E-state index is -0.136. The van der Waals surface area contributed by atoms with Crippen LogP contribution in [0.3, 0.4) is 0 Å². The number of carbonyl (C=O) groups excluding carboxylic acids is 2. The van der Waals surface area contributed by atoms with Crippen molar-refractivity contribution in [3.63, 3.8) is 0 Å². The first-order valence-electron chi connectivity index (χ1n) is 8.86. The highest BCUT2D eigenvalue weighted by molar-refractivity contribution is 5.82. The Labute approximate surface area is 148 Å². The van der Waals surface area contributed by atoms with Crippen LogP contribution in [0.4, 0.5) is 5.95 Å². The number of rotatable bonds is 3. The van der Waals surface area contributed by atoms with E-state index < -0.39 is 0 Å². The maximum absolute atomic E-state index is 12.8. The molecule has 2 saturated heterocycles. The maximum atomic E-state index is 12.8. The van der Waals surface area contributed by atoms with Crippen molar-refractivity contribution in [2.45, 2.75) is 19.9 Å².